The number of amides is 2. The summed E-state index contributed by atoms with van der Waals surface area (Å²) in [4.78, 5) is 27.8. The molecular weight excluding hydrogens is 324 g/mol. The van der Waals surface area contributed by atoms with Gasteiger partial charge in [-0.2, -0.15) is 0 Å². The van der Waals surface area contributed by atoms with E-state index in [4.69, 9.17) is 0 Å². The van der Waals surface area contributed by atoms with Gasteiger partial charge in [0, 0.05) is 25.7 Å². The van der Waals surface area contributed by atoms with E-state index >= 15 is 0 Å². The zero-order valence-electron chi connectivity index (χ0n) is 11.3. The number of carboxylic acid groups (broad SMARTS) is 1. The molecule has 0 unspecified atom stereocenters. The van der Waals surface area contributed by atoms with Gasteiger partial charge in [-0.15, -0.1) is 0 Å². The first-order chi connectivity index (χ1) is 9.52. The molecule has 0 aromatic carbocycles. The average Bonchev–Trinajstić information content (AvgIpc) is 2.48. The fraction of sp³-hybridized carbons (Fsp3) is 0.714. The average molecular weight is 343 g/mol. The molecule has 1 saturated carbocycles. The van der Waals surface area contributed by atoms with Gasteiger partial charge in [0.05, 0.1) is 5.41 Å². The largest absolute Gasteiger partial charge is 0.481 e. The molecule has 4 aliphatic rings. The molecule has 0 aromatic heterocycles. The topological polar surface area (TPSA) is 60.9 Å². The molecular formula is C14H19BrN2O3. The Kier molecular flexibility index (Phi) is 3.52. The number of hydrogen-bond donors (Lipinski definition) is 1. The Labute approximate surface area is 126 Å². The third kappa shape index (κ3) is 2.24. The van der Waals surface area contributed by atoms with E-state index in [1.165, 1.54) is 0 Å². The highest BCUT2D eigenvalue weighted by molar-refractivity contribution is 9.11. The van der Waals surface area contributed by atoms with Crippen LogP contribution in [-0.4, -0.2) is 52.6 Å². The van der Waals surface area contributed by atoms with E-state index in [1.807, 2.05) is 15.9 Å². The molecule has 2 amide bonds. The first-order valence-electron chi connectivity index (χ1n) is 7.15. The Morgan fingerprint density at radius 2 is 2.05 bits per heavy atom. The maximum atomic E-state index is 12.6. The third-order valence-electron chi connectivity index (χ3n) is 4.95. The van der Waals surface area contributed by atoms with E-state index in [1.54, 1.807) is 0 Å². The summed E-state index contributed by atoms with van der Waals surface area (Å²) in [5.41, 5.74) is -0.698. The third-order valence-corrected chi connectivity index (χ3v) is 5.67. The van der Waals surface area contributed by atoms with Crippen LogP contribution in [0.15, 0.2) is 10.6 Å². The molecule has 5 nitrogen and oxygen atoms in total. The summed E-state index contributed by atoms with van der Waals surface area (Å²) < 4.78 is 1.14. The van der Waals surface area contributed by atoms with Crippen molar-refractivity contribution in [3.63, 3.8) is 0 Å². The fourth-order valence-corrected chi connectivity index (χ4v) is 3.91. The van der Waals surface area contributed by atoms with Gasteiger partial charge in [0.15, 0.2) is 0 Å². The number of carbonyl (C=O) groups excluding carboxylic acids is 1. The molecule has 0 spiro atoms. The van der Waals surface area contributed by atoms with E-state index in [9.17, 15) is 14.7 Å². The minimum atomic E-state index is -0.741. The number of halogens is 1. The number of carbonyl (C=O) groups is 2. The van der Waals surface area contributed by atoms with E-state index in [0.717, 1.165) is 23.7 Å². The Balaban J connectivity index is 1.74. The first-order valence-corrected chi connectivity index (χ1v) is 7.95. The number of nitrogens with zero attached hydrogens (tertiary/aromatic N) is 2. The van der Waals surface area contributed by atoms with Gasteiger partial charge in [0.2, 0.25) is 0 Å². The quantitative estimate of drug-likeness (QED) is 0.795. The lowest BCUT2D eigenvalue weighted by Gasteiger charge is -2.51. The van der Waals surface area contributed by atoms with Gasteiger partial charge in [0.25, 0.3) is 0 Å². The van der Waals surface area contributed by atoms with Crippen molar-refractivity contribution < 1.29 is 14.7 Å². The molecule has 110 valence electrons. The predicted octanol–water partition coefficient (Wildman–Crippen LogP) is 2.42. The van der Waals surface area contributed by atoms with Crippen molar-refractivity contribution >= 4 is 27.9 Å². The van der Waals surface area contributed by atoms with Crippen LogP contribution in [0.1, 0.15) is 32.1 Å². The minimum absolute atomic E-state index is 0.0104. The van der Waals surface area contributed by atoms with Crippen LogP contribution in [0.2, 0.25) is 0 Å². The zero-order chi connectivity index (χ0) is 14.3. The Hall–Kier alpha value is -1.04. The molecule has 4 rings (SSSR count). The van der Waals surface area contributed by atoms with E-state index in [-0.39, 0.29) is 12.1 Å². The van der Waals surface area contributed by atoms with Crippen LogP contribution >= 0.6 is 15.9 Å². The second kappa shape index (κ2) is 5.06. The van der Waals surface area contributed by atoms with Crippen molar-refractivity contribution in [1.29, 1.82) is 0 Å². The van der Waals surface area contributed by atoms with Crippen LogP contribution in [-0.2, 0) is 4.79 Å². The second-order valence-corrected chi connectivity index (χ2v) is 7.09. The lowest BCUT2D eigenvalue weighted by Crippen LogP contribution is -2.61. The van der Waals surface area contributed by atoms with Crippen molar-refractivity contribution in [2.24, 2.45) is 5.41 Å². The van der Waals surface area contributed by atoms with Gasteiger partial charge in [-0.05, 0) is 36.6 Å². The monoisotopic (exact) mass is 342 g/mol. The number of piperidine rings is 2. The summed E-state index contributed by atoms with van der Waals surface area (Å²) in [6.45, 7) is 1.70. The van der Waals surface area contributed by atoms with Crippen molar-refractivity contribution in [3.05, 3.63) is 10.6 Å². The molecule has 0 aromatic rings. The SMILES string of the molecule is O=C(N1CC=C(Br)CC1)N1CC2(C(=O)O)CCC1CC2. The van der Waals surface area contributed by atoms with Gasteiger partial charge in [-0.3, -0.25) is 4.79 Å². The molecule has 0 radical (unpaired) electrons. The van der Waals surface area contributed by atoms with Crippen LogP contribution in [0.4, 0.5) is 4.79 Å². The predicted molar refractivity (Wildman–Crippen MR) is 77.6 cm³/mol. The summed E-state index contributed by atoms with van der Waals surface area (Å²) in [6.07, 6.45) is 5.92. The summed E-state index contributed by atoms with van der Waals surface area (Å²) in [5, 5.41) is 9.49. The van der Waals surface area contributed by atoms with E-state index in [2.05, 4.69) is 15.9 Å². The van der Waals surface area contributed by atoms with Crippen molar-refractivity contribution in [2.75, 3.05) is 19.6 Å². The maximum absolute atomic E-state index is 12.6. The van der Waals surface area contributed by atoms with Crippen LogP contribution in [0.3, 0.4) is 0 Å². The molecule has 2 saturated heterocycles. The van der Waals surface area contributed by atoms with Gasteiger partial charge in [-0.1, -0.05) is 22.0 Å². The normalized spacial score (nSPS) is 33.0. The Morgan fingerprint density at radius 3 is 2.60 bits per heavy atom. The molecule has 3 heterocycles. The summed E-state index contributed by atoms with van der Waals surface area (Å²) in [5.74, 6) is -0.741. The highest BCUT2D eigenvalue weighted by Gasteiger charge is 2.51. The lowest BCUT2D eigenvalue weighted by molar-refractivity contribution is -0.157. The molecule has 6 heteroatoms. The van der Waals surface area contributed by atoms with Crippen molar-refractivity contribution in [2.45, 2.75) is 38.1 Å². The van der Waals surface area contributed by atoms with Gasteiger partial charge >= 0.3 is 12.0 Å². The number of rotatable bonds is 1. The number of aliphatic carboxylic acids is 1. The smallest absolute Gasteiger partial charge is 0.320 e. The van der Waals surface area contributed by atoms with Crippen molar-refractivity contribution in [1.82, 2.24) is 9.80 Å². The fourth-order valence-electron chi connectivity index (χ4n) is 3.59. The number of urea groups is 1. The van der Waals surface area contributed by atoms with E-state index in [0.29, 0.717) is 32.5 Å². The number of carboxylic acids is 1. The molecule has 3 aliphatic heterocycles. The second-order valence-electron chi connectivity index (χ2n) is 6.07. The van der Waals surface area contributed by atoms with Gasteiger partial charge in [-0.25, -0.2) is 4.79 Å². The van der Waals surface area contributed by atoms with Crippen molar-refractivity contribution in [3.8, 4) is 0 Å². The summed E-state index contributed by atoms with van der Waals surface area (Å²) in [6, 6.07) is 0.245. The van der Waals surface area contributed by atoms with Crippen LogP contribution in [0, 0.1) is 5.41 Å². The van der Waals surface area contributed by atoms with E-state index < -0.39 is 11.4 Å². The number of hydrogen-bond acceptors (Lipinski definition) is 2. The highest BCUT2D eigenvalue weighted by atomic mass is 79.9. The molecule has 2 bridgehead atoms. The first kappa shape index (κ1) is 13.9. The summed E-state index contributed by atoms with van der Waals surface area (Å²) in [7, 11) is 0. The molecule has 0 atom stereocenters. The lowest BCUT2D eigenvalue weighted by atomic mass is 9.68. The minimum Gasteiger partial charge on any atom is -0.481 e. The Bertz CT molecular complexity index is 469. The van der Waals surface area contributed by atoms with Crippen LogP contribution in [0.5, 0.6) is 0 Å². The Morgan fingerprint density at radius 1 is 1.35 bits per heavy atom. The standard InChI is InChI=1S/C14H19BrN2O3/c15-10-3-7-16(8-4-10)13(20)17-9-14(12(18)19)5-1-11(17)2-6-14/h3,11H,1-2,4-9H2,(H,18,19). The van der Waals surface area contributed by atoms with Crippen LogP contribution < -0.4 is 0 Å². The molecule has 20 heavy (non-hydrogen) atoms. The van der Waals surface area contributed by atoms with Crippen LogP contribution in [0.25, 0.3) is 0 Å². The zero-order valence-corrected chi connectivity index (χ0v) is 12.9. The highest BCUT2D eigenvalue weighted by Crippen LogP contribution is 2.45. The molecule has 3 fully saturated rings. The molecule has 1 N–H and O–H groups in total. The molecule has 1 aliphatic carbocycles. The maximum Gasteiger partial charge on any atom is 0.320 e. The van der Waals surface area contributed by atoms with Gasteiger partial charge in [0.1, 0.15) is 0 Å². The van der Waals surface area contributed by atoms with Gasteiger partial charge < -0.3 is 14.9 Å². The summed E-state index contributed by atoms with van der Waals surface area (Å²) >= 11 is 3.45. The number of fused-ring (bicyclic) bond motifs is 3.